The Balaban J connectivity index is 1.86. The average Bonchev–Trinajstić information content (AvgIpc) is 3.05. The minimum Gasteiger partial charge on any atom is -0.444 e. The Bertz CT molecular complexity index is 451. The quantitative estimate of drug-likeness (QED) is 0.897. The largest absolute Gasteiger partial charge is 0.444 e. The number of likely N-dealkylation sites (tertiary alicyclic amines) is 1. The van der Waals surface area contributed by atoms with E-state index in [1.807, 2.05) is 33.0 Å². The van der Waals surface area contributed by atoms with Crippen LogP contribution in [0.3, 0.4) is 0 Å². The van der Waals surface area contributed by atoms with E-state index < -0.39 is 5.60 Å². The molecule has 5 heteroatoms. The van der Waals surface area contributed by atoms with E-state index in [4.69, 9.17) is 4.74 Å². The zero-order valence-electron chi connectivity index (χ0n) is 13.5. The maximum atomic E-state index is 11.8. The van der Waals surface area contributed by atoms with Crippen molar-refractivity contribution >= 4 is 6.09 Å². The van der Waals surface area contributed by atoms with Gasteiger partial charge in [-0.05, 0) is 59.2 Å². The second kappa shape index (κ2) is 6.52. The number of ether oxygens (including phenoxy) is 1. The van der Waals surface area contributed by atoms with Crippen LogP contribution in [0.2, 0.25) is 0 Å². The highest BCUT2D eigenvalue weighted by atomic mass is 16.6. The number of rotatable bonds is 4. The van der Waals surface area contributed by atoms with Crippen LogP contribution in [0.5, 0.6) is 0 Å². The first-order valence-electron chi connectivity index (χ1n) is 7.73. The van der Waals surface area contributed by atoms with Gasteiger partial charge in [0.25, 0.3) is 0 Å². The molecule has 118 valence electrons. The smallest absolute Gasteiger partial charge is 0.407 e. The summed E-state index contributed by atoms with van der Waals surface area (Å²) < 4.78 is 5.29. The van der Waals surface area contributed by atoms with Crippen LogP contribution in [0.25, 0.3) is 0 Å². The van der Waals surface area contributed by atoms with E-state index in [0.717, 1.165) is 13.0 Å². The molecule has 1 amide bonds. The molecule has 2 atom stereocenters. The number of aromatic amines is 1. The number of amides is 1. The minimum absolute atomic E-state index is 0.332. The molecule has 0 spiro atoms. The highest BCUT2D eigenvalue weighted by molar-refractivity contribution is 5.67. The normalized spacial score (nSPS) is 21.2. The van der Waals surface area contributed by atoms with Crippen molar-refractivity contribution < 1.29 is 9.53 Å². The van der Waals surface area contributed by atoms with Crippen LogP contribution in [0.4, 0.5) is 4.79 Å². The van der Waals surface area contributed by atoms with Gasteiger partial charge in [-0.3, -0.25) is 4.90 Å². The number of aromatic nitrogens is 1. The van der Waals surface area contributed by atoms with E-state index in [-0.39, 0.29) is 6.09 Å². The molecule has 0 aliphatic carbocycles. The zero-order chi connectivity index (χ0) is 15.5. The van der Waals surface area contributed by atoms with Crippen LogP contribution in [-0.4, -0.2) is 40.7 Å². The Hall–Kier alpha value is -1.49. The summed E-state index contributed by atoms with van der Waals surface area (Å²) in [6.45, 7) is 9.55. The van der Waals surface area contributed by atoms with Gasteiger partial charge in [-0.15, -0.1) is 0 Å². The first-order chi connectivity index (χ1) is 9.87. The van der Waals surface area contributed by atoms with Crippen LogP contribution in [0.15, 0.2) is 18.3 Å². The van der Waals surface area contributed by atoms with Crippen molar-refractivity contribution in [3.05, 3.63) is 24.0 Å². The number of hydrogen-bond donors (Lipinski definition) is 2. The number of carbonyl (C=O) groups excluding carboxylic acids is 1. The van der Waals surface area contributed by atoms with Crippen molar-refractivity contribution in [1.82, 2.24) is 15.2 Å². The third-order valence-corrected chi connectivity index (χ3v) is 3.87. The van der Waals surface area contributed by atoms with Crippen molar-refractivity contribution in [2.75, 3.05) is 13.1 Å². The van der Waals surface area contributed by atoms with E-state index in [9.17, 15) is 4.79 Å². The molecular weight excluding hydrogens is 266 g/mol. The molecular formula is C16H27N3O2. The van der Waals surface area contributed by atoms with Crippen molar-refractivity contribution in [1.29, 1.82) is 0 Å². The zero-order valence-corrected chi connectivity index (χ0v) is 13.5. The lowest BCUT2D eigenvalue weighted by molar-refractivity contribution is 0.0507. The Morgan fingerprint density at radius 1 is 1.57 bits per heavy atom. The molecule has 1 saturated heterocycles. The molecule has 0 saturated carbocycles. The molecule has 2 heterocycles. The highest BCUT2D eigenvalue weighted by Crippen LogP contribution is 2.27. The van der Waals surface area contributed by atoms with Gasteiger partial charge in [-0.2, -0.15) is 0 Å². The molecule has 1 aromatic heterocycles. The van der Waals surface area contributed by atoms with E-state index in [0.29, 0.717) is 18.6 Å². The van der Waals surface area contributed by atoms with Gasteiger partial charge in [0.15, 0.2) is 0 Å². The Morgan fingerprint density at radius 3 is 2.95 bits per heavy atom. The van der Waals surface area contributed by atoms with Crippen molar-refractivity contribution in [2.45, 2.75) is 58.2 Å². The summed E-state index contributed by atoms with van der Waals surface area (Å²) in [5.41, 5.74) is 0.774. The van der Waals surface area contributed by atoms with Crippen LogP contribution in [-0.2, 0) is 4.74 Å². The van der Waals surface area contributed by atoms with Gasteiger partial charge in [-0.25, -0.2) is 4.79 Å². The number of H-pyrrole nitrogens is 1. The molecule has 0 bridgehead atoms. The van der Waals surface area contributed by atoms with E-state index >= 15 is 0 Å². The summed E-state index contributed by atoms with van der Waals surface area (Å²) in [5, 5.41) is 2.90. The first-order valence-corrected chi connectivity index (χ1v) is 7.73. The lowest BCUT2D eigenvalue weighted by atomic mass is 10.1. The minimum atomic E-state index is -0.447. The summed E-state index contributed by atoms with van der Waals surface area (Å²) in [6.07, 6.45) is 3.91. The molecule has 0 aromatic carbocycles. The van der Waals surface area contributed by atoms with E-state index in [2.05, 4.69) is 28.2 Å². The first kappa shape index (κ1) is 15.9. The third-order valence-electron chi connectivity index (χ3n) is 3.87. The number of alkyl carbamates (subject to hydrolysis) is 1. The molecule has 1 fully saturated rings. The monoisotopic (exact) mass is 293 g/mol. The maximum Gasteiger partial charge on any atom is 0.407 e. The number of nitrogens with zero attached hydrogens (tertiary/aromatic N) is 1. The fraction of sp³-hybridized carbons (Fsp3) is 0.688. The number of hydrogen-bond acceptors (Lipinski definition) is 3. The van der Waals surface area contributed by atoms with Gasteiger partial charge in [-0.1, -0.05) is 0 Å². The standard InChI is InChI=1S/C16H27N3O2/c1-12(14-8-5-9-17-14)19-10-6-7-13(19)11-18-15(20)21-16(2,3)4/h5,8-9,12-13,17H,6-7,10-11H2,1-4H3,(H,18,20)/t12-,13+/m0/s1. The second-order valence-corrected chi connectivity index (χ2v) is 6.72. The van der Waals surface area contributed by atoms with Crippen LogP contribution < -0.4 is 5.32 Å². The van der Waals surface area contributed by atoms with Gasteiger partial charge in [0, 0.05) is 30.5 Å². The molecule has 21 heavy (non-hydrogen) atoms. The van der Waals surface area contributed by atoms with Crippen LogP contribution >= 0.6 is 0 Å². The summed E-state index contributed by atoms with van der Waals surface area (Å²) in [6, 6.07) is 4.85. The van der Waals surface area contributed by atoms with Gasteiger partial charge in [0.05, 0.1) is 0 Å². The molecule has 1 aromatic rings. The predicted molar refractivity (Wildman–Crippen MR) is 83.2 cm³/mol. The molecule has 2 N–H and O–H groups in total. The summed E-state index contributed by atoms with van der Waals surface area (Å²) in [7, 11) is 0. The van der Waals surface area contributed by atoms with Gasteiger partial charge < -0.3 is 15.0 Å². The molecule has 1 aliphatic heterocycles. The summed E-state index contributed by atoms with van der Waals surface area (Å²) in [5.74, 6) is 0. The molecule has 1 aliphatic rings. The molecule has 5 nitrogen and oxygen atoms in total. The predicted octanol–water partition coefficient (Wildman–Crippen LogP) is 3.06. The molecule has 2 rings (SSSR count). The Kier molecular flexibility index (Phi) is 4.93. The number of carbonyl (C=O) groups is 1. The van der Waals surface area contributed by atoms with Gasteiger partial charge >= 0.3 is 6.09 Å². The van der Waals surface area contributed by atoms with Gasteiger partial charge in [0.1, 0.15) is 5.60 Å². The Morgan fingerprint density at radius 2 is 2.33 bits per heavy atom. The van der Waals surface area contributed by atoms with E-state index in [1.54, 1.807) is 0 Å². The summed E-state index contributed by atoms with van der Waals surface area (Å²) in [4.78, 5) is 17.5. The number of nitrogens with one attached hydrogen (secondary N) is 2. The van der Waals surface area contributed by atoms with Crippen molar-refractivity contribution in [3.63, 3.8) is 0 Å². The fourth-order valence-corrected chi connectivity index (χ4v) is 2.89. The fourth-order valence-electron chi connectivity index (χ4n) is 2.89. The molecule has 0 unspecified atom stereocenters. The summed E-state index contributed by atoms with van der Waals surface area (Å²) >= 11 is 0. The van der Waals surface area contributed by atoms with Crippen molar-refractivity contribution in [3.8, 4) is 0 Å². The molecule has 0 radical (unpaired) electrons. The third kappa shape index (κ3) is 4.49. The van der Waals surface area contributed by atoms with Crippen LogP contribution in [0.1, 0.15) is 52.3 Å². The van der Waals surface area contributed by atoms with Crippen LogP contribution in [0, 0.1) is 0 Å². The SMILES string of the molecule is C[C@@H](c1ccc[nH]1)N1CCC[C@@H]1CNC(=O)OC(C)(C)C. The Labute approximate surface area is 127 Å². The van der Waals surface area contributed by atoms with E-state index in [1.165, 1.54) is 12.1 Å². The average molecular weight is 293 g/mol. The lowest BCUT2D eigenvalue weighted by Gasteiger charge is -2.30. The van der Waals surface area contributed by atoms with Gasteiger partial charge in [0.2, 0.25) is 0 Å². The topological polar surface area (TPSA) is 57.4 Å². The second-order valence-electron chi connectivity index (χ2n) is 6.72. The maximum absolute atomic E-state index is 11.8. The highest BCUT2D eigenvalue weighted by Gasteiger charge is 2.30. The van der Waals surface area contributed by atoms with Crippen molar-refractivity contribution in [2.24, 2.45) is 0 Å². The lowest BCUT2D eigenvalue weighted by Crippen LogP contribution is -2.42.